The highest BCUT2D eigenvalue weighted by atomic mass is 16.5. The summed E-state index contributed by atoms with van der Waals surface area (Å²) in [6.45, 7) is 2.34. The Morgan fingerprint density at radius 3 is 3.00 bits per heavy atom. The van der Waals surface area contributed by atoms with E-state index >= 15 is 0 Å². The molecule has 0 spiro atoms. The molecular weight excluding hydrogens is 194 g/mol. The molecule has 0 unspecified atom stereocenters. The number of benzene rings is 1. The van der Waals surface area contributed by atoms with E-state index in [9.17, 15) is 4.79 Å². The van der Waals surface area contributed by atoms with Crippen molar-refractivity contribution in [1.29, 1.82) is 0 Å². The summed E-state index contributed by atoms with van der Waals surface area (Å²) >= 11 is 0. The molecule has 0 saturated carbocycles. The fraction of sp³-hybridized carbons (Fsp3) is 0.364. The van der Waals surface area contributed by atoms with E-state index in [1.54, 1.807) is 6.07 Å². The van der Waals surface area contributed by atoms with E-state index in [0.29, 0.717) is 12.4 Å². The number of carboxylic acids is 1. The van der Waals surface area contributed by atoms with Gasteiger partial charge in [-0.2, -0.15) is 0 Å². The van der Waals surface area contributed by atoms with Crippen LogP contribution in [0.15, 0.2) is 12.1 Å². The molecule has 0 aliphatic carbocycles. The lowest BCUT2D eigenvalue weighted by molar-refractivity contribution is 0.0690. The molecule has 1 heterocycles. The lowest BCUT2D eigenvalue weighted by Crippen LogP contribution is -2.22. The minimum absolute atomic E-state index is 0.119. The quantitative estimate of drug-likeness (QED) is 0.731. The highest BCUT2D eigenvalue weighted by Gasteiger charge is 2.24. The standard InChI is InChI=1S/C11H13NO3/c1-6-4-7-9(12)2-3-15-10(7)8(5-6)11(13)14/h4-5,9H,2-3,12H2,1H3,(H,13,14)/t9-/m0/s1. The van der Waals surface area contributed by atoms with Gasteiger partial charge in [-0.25, -0.2) is 4.79 Å². The Morgan fingerprint density at radius 1 is 1.60 bits per heavy atom. The van der Waals surface area contributed by atoms with Crippen LogP contribution in [-0.4, -0.2) is 17.7 Å². The second-order valence-corrected chi connectivity index (χ2v) is 3.78. The third kappa shape index (κ3) is 1.68. The molecular formula is C11H13NO3. The summed E-state index contributed by atoms with van der Waals surface area (Å²) in [5.74, 6) is -0.532. The second kappa shape index (κ2) is 3.55. The van der Waals surface area contributed by atoms with Gasteiger partial charge in [0.15, 0.2) is 0 Å². The van der Waals surface area contributed by atoms with Gasteiger partial charge in [-0.1, -0.05) is 6.07 Å². The maximum atomic E-state index is 11.0. The van der Waals surface area contributed by atoms with Crippen LogP contribution in [0.5, 0.6) is 5.75 Å². The summed E-state index contributed by atoms with van der Waals surface area (Å²) in [6.07, 6.45) is 0.732. The Morgan fingerprint density at radius 2 is 2.33 bits per heavy atom. The first kappa shape index (κ1) is 9.98. The topological polar surface area (TPSA) is 72.5 Å². The molecule has 3 N–H and O–H groups in total. The lowest BCUT2D eigenvalue weighted by atomic mass is 9.96. The highest BCUT2D eigenvalue weighted by molar-refractivity contribution is 5.92. The van der Waals surface area contributed by atoms with Gasteiger partial charge in [0.05, 0.1) is 6.61 Å². The molecule has 0 radical (unpaired) electrons. The number of carboxylic acid groups (broad SMARTS) is 1. The molecule has 1 atom stereocenters. The van der Waals surface area contributed by atoms with E-state index in [4.69, 9.17) is 15.6 Å². The Kier molecular flexibility index (Phi) is 2.36. The smallest absolute Gasteiger partial charge is 0.339 e. The van der Waals surface area contributed by atoms with Crippen LogP contribution in [0.1, 0.15) is 33.9 Å². The number of hydrogen-bond donors (Lipinski definition) is 2. The molecule has 0 fully saturated rings. The first-order valence-electron chi connectivity index (χ1n) is 4.86. The molecule has 0 amide bonds. The van der Waals surface area contributed by atoms with E-state index in [0.717, 1.165) is 17.5 Å². The van der Waals surface area contributed by atoms with E-state index in [-0.39, 0.29) is 11.6 Å². The van der Waals surface area contributed by atoms with E-state index in [2.05, 4.69) is 0 Å². The molecule has 15 heavy (non-hydrogen) atoms. The average molecular weight is 207 g/mol. The van der Waals surface area contributed by atoms with Gasteiger partial charge in [0.1, 0.15) is 11.3 Å². The highest BCUT2D eigenvalue weighted by Crippen LogP contribution is 2.34. The van der Waals surface area contributed by atoms with Crippen molar-refractivity contribution < 1.29 is 14.6 Å². The van der Waals surface area contributed by atoms with E-state index < -0.39 is 5.97 Å². The predicted molar refractivity (Wildman–Crippen MR) is 55.2 cm³/mol. The van der Waals surface area contributed by atoms with Crippen LogP contribution in [-0.2, 0) is 0 Å². The van der Waals surface area contributed by atoms with Crippen molar-refractivity contribution in [3.8, 4) is 5.75 Å². The molecule has 0 saturated heterocycles. The van der Waals surface area contributed by atoms with Crippen LogP contribution in [0.3, 0.4) is 0 Å². The fourth-order valence-corrected chi connectivity index (χ4v) is 1.84. The third-order valence-electron chi connectivity index (χ3n) is 2.57. The summed E-state index contributed by atoms with van der Waals surface area (Å²) in [5.41, 5.74) is 7.82. The van der Waals surface area contributed by atoms with Crippen LogP contribution >= 0.6 is 0 Å². The number of ether oxygens (including phenoxy) is 1. The van der Waals surface area contributed by atoms with Crippen molar-refractivity contribution >= 4 is 5.97 Å². The van der Waals surface area contributed by atoms with Crippen molar-refractivity contribution in [1.82, 2.24) is 0 Å². The molecule has 4 heteroatoms. The average Bonchev–Trinajstić information content (AvgIpc) is 2.18. The van der Waals surface area contributed by atoms with Crippen molar-refractivity contribution in [3.63, 3.8) is 0 Å². The lowest BCUT2D eigenvalue weighted by Gasteiger charge is -2.24. The number of nitrogens with two attached hydrogens (primary N) is 1. The minimum atomic E-state index is -0.968. The summed E-state index contributed by atoms with van der Waals surface area (Å²) in [6, 6.07) is 3.39. The van der Waals surface area contributed by atoms with E-state index in [1.807, 2.05) is 13.0 Å². The maximum absolute atomic E-state index is 11.0. The molecule has 1 aromatic rings. The summed E-state index contributed by atoms with van der Waals surface area (Å²) < 4.78 is 5.38. The zero-order valence-corrected chi connectivity index (χ0v) is 8.49. The van der Waals surface area contributed by atoms with Crippen LogP contribution in [0.25, 0.3) is 0 Å². The van der Waals surface area contributed by atoms with Crippen LogP contribution in [0.2, 0.25) is 0 Å². The Labute approximate surface area is 87.7 Å². The normalized spacial score (nSPS) is 19.2. The monoisotopic (exact) mass is 207 g/mol. The molecule has 0 aromatic heterocycles. The van der Waals surface area contributed by atoms with Gasteiger partial charge in [0, 0.05) is 18.0 Å². The van der Waals surface area contributed by atoms with Crippen LogP contribution in [0.4, 0.5) is 0 Å². The van der Waals surface area contributed by atoms with Gasteiger partial charge in [0.2, 0.25) is 0 Å². The minimum Gasteiger partial charge on any atom is -0.492 e. The number of aryl methyl sites for hydroxylation is 1. The number of aromatic carboxylic acids is 1. The molecule has 1 aliphatic heterocycles. The van der Waals surface area contributed by atoms with Gasteiger partial charge in [-0.3, -0.25) is 0 Å². The predicted octanol–water partition coefficient (Wildman–Crippen LogP) is 1.48. The SMILES string of the molecule is Cc1cc(C(=O)O)c2c(c1)[C@@H](N)CCO2. The second-order valence-electron chi connectivity index (χ2n) is 3.78. The molecule has 1 aromatic carbocycles. The summed E-state index contributed by atoms with van der Waals surface area (Å²) in [7, 11) is 0. The van der Waals surface area contributed by atoms with Gasteiger partial charge < -0.3 is 15.6 Å². The molecule has 1 aliphatic rings. The van der Waals surface area contributed by atoms with Crippen molar-refractivity contribution in [3.05, 3.63) is 28.8 Å². The van der Waals surface area contributed by atoms with E-state index in [1.165, 1.54) is 0 Å². The maximum Gasteiger partial charge on any atom is 0.339 e. The Bertz CT molecular complexity index is 415. The van der Waals surface area contributed by atoms with Gasteiger partial charge in [-0.05, 0) is 18.6 Å². The zero-order chi connectivity index (χ0) is 11.0. The molecule has 4 nitrogen and oxygen atoms in total. The Balaban J connectivity index is 2.62. The van der Waals surface area contributed by atoms with Crippen LogP contribution < -0.4 is 10.5 Å². The van der Waals surface area contributed by atoms with Gasteiger partial charge in [0.25, 0.3) is 0 Å². The number of hydrogen-bond acceptors (Lipinski definition) is 3. The molecule has 2 rings (SSSR count). The van der Waals surface area contributed by atoms with Gasteiger partial charge >= 0.3 is 5.97 Å². The number of rotatable bonds is 1. The third-order valence-corrected chi connectivity index (χ3v) is 2.57. The fourth-order valence-electron chi connectivity index (χ4n) is 1.84. The van der Waals surface area contributed by atoms with Crippen LogP contribution in [0, 0.1) is 6.92 Å². The molecule has 0 bridgehead atoms. The van der Waals surface area contributed by atoms with Crippen molar-refractivity contribution in [2.24, 2.45) is 5.73 Å². The summed E-state index contributed by atoms with van der Waals surface area (Å²) in [4.78, 5) is 11.0. The van der Waals surface area contributed by atoms with Crippen molar-refractivity contribution in [2.75, 3.05) is 6.61 Å². The molecule has 80 valence electrons. The zero-order valence-electron chi connectivity index (χ0n) is 8.49. The summed E-state index contributed by atoms with van der Waals surface area (Å²) in [5, 5.41) is 9.03. The number of fused-ring (bicyclic) bond motifs is 1. The van der Waals surface area contributed by atoms with Gasteiger partial charge in [-0.15, -0.1) is 0 Å². The first-order valence-corrected chi connectivity index (χ1v) is 4.86. The largest absolute Gasteiger partial charge is 0.492 e. The Hall–Kier alpha value is -1.55. The van der Waals surface area contributed by atoms with Crippen molar-refractivity contribution in [2.45, 2.75) is 19.4 Å². The first-order chi connectivity index (χ1) is 7.09. The number of carbonyl (C=O) groups is 1.